The van der Waals surface area contributed by atoms with Crippen molar-refractivity contribution in [2.75, 3.05) is 26.1 Å². The minimum absolute atomic E-state index is 0.336. The molecule has 0 saturated carbocycles. The maximum absolute atomic E-state index is 12.3. The highest BCUT2D eigenvalue weighted by Gasteiger charge is 2.21. The monoisotopic (exact) mass is 428 g/mol. The van der Waals surface area contributed by atoms with Crippen molar-refractivity contribution in [1.82, 2.24) is 5.32 Å². The zero-order valence-electron chi connectivity index (χ0n) is 17.1. The fourth-order valence-corrected chi connectivity index (χ4v) is 3.91. The molecule has 0 aliphatic rings. The molecule has 2 aromatic carbocycles. The van der Waals surface area contributed by atoms with Gasteiger partial charge in [-0.05, 0) is 42.3 Å². The van der Waals surface area contributed by atoms with Gasteiger partial charge in [-0.2, -0.15) is 0 Å². The van der Waals surface area contributed by atoms with Gasteiger partial charge in [0, 0.05) is 22.3 Å². The maximum Gasteiger partial charge on any atom is 0.351 e. The van der Waals surface area contributed by atoms with E-state index in [0.29, 0.717) is 29.5 Å². The van der Waals surface area contributed by atoms with Gasteiger partial charge in [0.05, 0.1) is 20.8 Å². The van der Waals surface area contributed by atoms with Crippen molar-refractivity contribution in [3.8, 4) is 11.5 Å². The van der Waals surface area contributed by atoms with E-state index in [1.165, 1.54) is 18.4 Å². The van der Waals surface area contributed by atoms with E-state index in [4.69, 9.17) is 14.2 Å². The number of hydrogen-bond acceptors (Lipinski definition) is 6. The molecule has 0 aliphatic carbocycles. The summed E-state index contributed by atoms with van der Waals surface area (Å²) in [6.45, 7) is 2.83. The molecular weight excluding hydrogens is 404 g/mol. The highest BCUT2D eigenvalue weighted by molar-refractivity contribution is 7.21. The van der Waals surface area contributed by atoms with Crippen LogP contribution in [0.1, 0.15) is 28.6 Å². The van der Waals surface area contributed by atoms with Gasteiger partial charge in [-0.1, -0.05) is 19.1 Å². The second-order valence-corrected chi connectivity index (χ2v) is 7.52. The van der Waals surface area contributed by atoms with Crippen molar-refractivity contribution in [1.29, 1.82) is 0 Å². The minimum Gasteiger partial charge on any atom is -0.497 e. The number of carbonyl (C=O) groups excluding carboxylic acids is 2. The lowest BCUT2D eigenvalue weighted by Gasteiger charge is -2.10. The smallest absolute Gasteiger partial charge is 0.351 e. The first-order valence-electron chi connectivity index (χ1n) is 9.51. The molecule has 30 heavy (non-hydrogen) atoms. The highest BCUT2D eigenvalue weighted by Crippen LogP contribution is 2.39. The van der Waals surface area contributed by atoms with Crippen molar-refractivity contribution in [3.63, 3.8) is 0 Å². The zero-order valence-corrected chi connectivity index (χ0v) is 17.9. The first-order valence-corrected chi connectivity index (χ1v) is 10.3. The molecule has 0 spiro atoms. The van der Waals surface area contributed by atoms with Crippen LogP contribution in [0.4, 0.5) is 10.5 Å². The lowest BCUT2D eigenvalue weighted by Crippen LogP contribution is -2.28. The third-order valence-corrected chi connectivity index (χ3v) is 5.44. The van der Waals surface area contributed by atoms with Crippen LogP contribution in [0, 0.1) is 0 Å². The molecule has 0 unspecified atom stereocenters. The number of fused-ring (bicyclic) bond motifs is 1. The lowest BCUT2D eigenvalue weighted by molar-refractivity contribution is 0.0602. The van der Waals surface area contributed by atoms with Gasteiger partial charge >= 0.3 is 12.0 Å². The van der Waals surface area contributed by atoms with E-state index >= 15 is 0 Å². The standard InChI is InChI=1S/C22H24N2O5S/c1-4-10-29-19-17-12-15(8-9-18(17)30-20(19)21(25)28-3)24-22(26)23-13-14-6-5-7-16(11-14)27-2/h5-9,11-12H,4,10,13H2,1-3H3,(H2,23,24,26). The first-order chi connectivity index (χ1) is 14.5. The summed E-state index contributed by atoms with van der Waals surface area (Å²) in [6.07, 6.45) is 0.808. The quantitative estimate of drug-likeness (QED) is 0.503. The number of esters is 1. The SMILES string of the molecule is CCCOc1c(C(=O)OC)sc2ccc(NC(=O)NCc3cccc(OC)c3)cc12. The van der Waals surface area contributed by atoms with Gasteiger partial charge in [-0.3, -0.25) is 0 Å². The summed E-state index contributed by atoms with van der Waals surface area (Å²) in [5.74, 6) is 0.788. The number of carbonyl (C=O) groups is 2. The summed E-state index contributed by atoms with van der Waals surface area (Å²) < 4.78 is 16.8. The number of ether oxygens (including phenoxy) is 3. The number of thiophene rings is 1. The summed E-state index contributed by atoms with van der Waals surface area (Å²) in [7, 11) is 2.94. The van der Waals surface area contributed by atoms with E-state index in [9.17, 15) is 9.59 Å². The Labute approximate surface area is 178 Å². The van der Waals surface area contributed by atoms with Crippen molar-refractivity contribution in [3.05, 3.63) is 52.9 Å². The maximum atomic E-state index is 12.3. The van der Waals surface area contributed by atoms with Crippen LogP contribution in [-0.4, -0.2) is 32.8 Å². The Morgan fingerprint density at radius 2 is 1.93 bits per heavy atom. The molecule has 2 N–H and O–H groups in total. The molecule has 0 saturated heterocycles. The number of anilines is 1. The van der Waals surface area contributed by atoms with E-state index in [1.54, 1.807) is 19.2 Å². The van der Waals surface area contributed by atoms with Crippen LogP contribution >= 0.6 is 11.3 Å². The van der Waals surface area contributed by atoms with Crippen LogP contribution in [0.2, 0.25) is 0 Å². The third kappa shape index (κ3) is 5.01. The summed E-state index contributed by atoms with van der Waals surface area (Å²) in [5, 5.41) is 6.40. The fraction of sp³-hybridized carbons (Fsp3) is 0.273. The van der Waals surface area contributed by atoms with Crippen molar-refractivity contribution >= 4 is 39.1 Å². The molecule has 3 aromatic rings. The zero-order chi connectivity index (χ0) is 21.5. The fourth-order valence-electron chi connectivity index (χ4n) is 2.87. The minimum atomic E-state index is -0.437. The van der Waals surface area contributed by atoms with E-state index in [1.807, 2.05) is 37.3 Å². The normalized spacial score (nSPS) is 10.5. The van der Waals surface area contributed by atoms with Gasteiger partial charge in [-0.25, -0.2) is 9.59 Å². The summed E-state index contributed by atoms with van der Waals surface area (Å²) in [5.41, 5.74) is 1.52. The van der Waals surface area contributed by atoms with Crippen molar-refractivity contribution in [2.24, 2.45) is 0 Å². The van der Waals surface area contributed by atoms with Crippen molar-refractivity contribution < 1.29 is 23.8 Å². The molecule has 7 nitrogen and oxygen atoms in total. The molecule has 158 valence electrons. The van der Waals surface area contributed by atoms with Crippen LogP contribution in [0.3, 0.4) is 0 Å². The Morgan fingerprint density at radius 3 is 2.67 bits per heavy atom. The molecule has 0 fully saturated rings. The topological polar surface area (TPSA) is 85.9 Å². The van der Waals surface area contributed by atoms with Gasteiger partial charge in [0.2, 0.25) is 0 Å². The molecule has 0 atom stereocenters. The summed E-state index contributed by atoms with van der Waals surface area (Å²) >= 11 is 1.31. The van der Waals surface area contributed by atoms with Crippen LogP contribution in [-0.2, 0) is 11.3 Å². The Bertz CT molecular complexity index is 1050. The summed E-state index contributed by atoms with van der Waals surface area (Å²) in [6, 6.07) is 12.6. The molecule has 2 amide bonds. The first kappa shape index (κ1) is 21.4. The average Bonchev–Trinajstić information content (AvgIpc) is 3.13. The van der Waals surface area contributed by atoms with Crippen molar-refractivity contribution in [2.45, 2.75) is 19.9 Å². The molecule has 1 heterocycles. The van der Waals surface area contributed by atoms with E-state index in [-0.39, 0.29) is 6.03 Å². The predicted molar refractivity (Wildman–Crippen MR) is 118 cm³/mol. The molecule has 1 aromatic heterocycles. The summed E-state index contributed by atoms with van der Waals surface area (Å²) in [4.78, 5) is 24.9. The molecule has 0 aliphatic heterocycles. The molecular formula is C22H24N2O5S. The van der Waals surface area contributed by atoms with Crippen LogP contribution < -0.4 is 20.1 Å². The predicted octanol–water partition coefficient (Wildman–Crippen LogP) is 4.81. The Morgan fingerprint density at radius 1 is 1.10 bits per heavy atom. The average molecular weight is 429 g/mol. The third-order valence-electron chi connectivity index (χ3n) is 4.31. The number of nitrogens with one attached hydrogen (secondary N) is 2. The van der Waals surface area contributed by atoms with E-state index < -0.39 is 5.97 Å². The van der Waals surface area contributed by atoms with Gasteiger partial charge in [0.25, 0.3) is 0 Å². The molecule has 0 radical (unpaired) electrons. The Kier molecular flexibility index (Phi) is 7.13. The largest absolute Gasteiger partial charge is 0.497 e. The van der Waals surface area contributed by atoms with Crippen LogP contribution in [0.5, 0.6) is 11.5 Å². The number of urea groups is 1. The Balaban J connectivity index is 1.75. The van der Waals surface area contributed by atoms with Gasteiger partial charge < -0.3 is 24.8 Å². The Hall–Kier alpha value is -3.26. The highest BCUT2D eigenvalue weighted by atomic mass is 32.1. The second kappa shape index (κ2) is 9.98. The number of methoxy groups -OCH3 is 2. The van der Waals surface area contributed by atoms with Crippen LogP contribution in [0.25, 0.3) is 10.1 Å². The van der Waals surface area contributed by atoms with Crippen LogP contribution in [0.15, 0.2) is 42.5 Å². The molecule has 0 bridgehead atoms. The number of amides is 2. The number of rotatable bonds is 8. The number of hydrogen-bond donors (Lipinski definition) is 2. The van der Waals surface area contributed by atoms with Gasteiger partial charge in [-0.15, -0.1) is 11.3 Å². The molecule has 8 heteroatoms. The van der Waals surface area contributed by atoms with Gasteiger partial charge in [0.15, 0.2) is 10.6 Å². The molecule has 3 rings (SSSR count). The lowest BCUT2D eigenvalue weighted by atomic mass is 10.2. The van der Waals surface area contributed by atoms with E-state index in [0.717, 1.165) is 27.8 Å². The second-order valence-electron chi connectivity index (χ2n) is 6.47. The van der Waals surface area contributed by atoms with E-state index in [2.05, 4.69) is 10.6 Å². The number of benzene rings is 2. The van der Waals surface area contributed by atoms with Gasteiger partial charge in [0.1, 0.15) is 5.75 Å².